The summed E-state index contributed by atoms with van der Waals surface area (Å²) in [6, 6.07) is 0. The highest BCUT2D eigenvalue weighted by Crippen LogP contribution is 2.45. The molecule has 19 heteroatoms. The third-order valence-corrected chi connectivity index (χ3v) is 20.5. The Bertz CT molecular complexity index is 2070. The van der Waals surface area contributed by atoms with Crippen LogP contribution < -0.4 is 0 Å². The van der Waals surface area contributed by atoms with E-state index in [0.717, 1.165) is 128 Å². The summed E-state index contributed by atoms with van der Waals surface area (Å²) in [6.45, 7) is 4.94. The highest BCUT2D eigenvalue weighted by Gasteiger charge is 2.30. The van der Waals surface area contributed by atoms with Gasteiger partial charge in [0.1, 0.15) is 19.3 Å². The molecule has 5 atom stereocenters. The Morgan fingerprint density at radius 2 is 0.480 bits per heavy atom. The third kappa shape index (κ3) is 75.5. The van der Waals surface area contributed by atoms with Crippen molar-refractivity contribution in [2.24, 2.45) is 0 Å². The molecule has 0 saturated heterocycles. The summed E-state index contributed by atoms with van der Waals surface area (Å²) in [5.74, 6) is -2.15. The smallest absolute Gasteiger partial charge is 0.462 e. The number of rotatable bonds is 81. The van der Waals surface area contributed by atoms with Crippen LogP contribution in [-0.4, -0.2) is 96.7 Å². The molecule has 0 saturated carbocycles. The van der Waals surface area contributed by atoms with Gasteiger partial charge < -0.3 is 33.8 Å². The molecule has 0 aromatic heterocycles. The molecule has 0 aliphatic heterocycles. The van der Waals surface area contributed by atoms with Crippen LogP contribution in [0.25, 0.3) is 0 Å². The molecule has 0 aromatic rings. The van der Waals surface area contributed by atoms with E-state index in [0.29, 0.717) is 25.7 Å². The van der Waals surface area contributed by atoms with Crippen molar-refractivity contribution in [3.63, 3.8) is 0 Å². The van der Waals surface area contributed by atoms with E-state index in [1.165, 1.54) is 205 Å². The maximum atomic E-state index is 13.1. The molecule has 0 heterocycles. The highest BCUT2D eigenvalue weighted by molar-refractivity contribution is 7.47. The maximum absolute atomic E-state index is 13.1. The highest BCUT2D eigenvalue weighted by atomic mass is 31.2. The van der Waals surface area contributed by atoms with Gasteiger partial charge in [-0.1, -0.05) is 340 Å². The van der Waals surface area contributed by atoms with E-state index in [9.17, 15) is 43.2 Å². The van der Waals surface area contributed by atoms with Gasteiger partial charge in [0.25, 0.3) is 0 Å². The molecule has 0 rings (SSSR count). The molecule has 600 valence electrons. The number of ether oxygens (including phenoxy) is 4. The van der Waals surface area contributed by atoms with Gasteiger partial charge >= 0.3 is 39.5 Å². The second kappa shape index (κ2) is 76.5. The predicted molar refractivity (Wildman–Crippen MR) is 418 cm³/mol. The van der Waals surface area contributed by atoms with Crippen LogP contribution in [0.4, 0.5) is 0 Å². The Hall–Kier alpha value is -2.72. The number of hydrogen-bond acceptors (Lipinski definition) is 15. The summed E-state index contributed by atoms with van der Waals surface area (Å²) in [6.07, 6.45) is 73.9. The molecular weight excluding hydrogens is 1330 g/mol. The lowest BCUT2D eigenvalue weighted by Gasteiger charge is -2.21. The van der Waals surface area contributed by atoms with Gasteiger partial charge in [0.05, 0.1) is 26.4 Å². The minimum absolute atomic E-state index is 0.0836. The van der Waals surface area contributed by atoms with Gasteiger partial charge in [0.15, 0.2) is 12.2 Å². The van der Waals surface area contributed by atoms with Crippen molar-refractivity contribution in [1.29, 1.82) is 0 Å². The Balaban J connectivity index is 5.31. The van der Waals surface area contributed by atoms with Crippen LogP contribution in [0.3, 0.4) is 0 Å². The summed E-state index contributed by atoms with van der Waals surface area (Å²) in [5.41, 5.74) is 0. The number of aliphatic hydroxyl groups excluding tert-OH is 1. The molecule has 0 aliphatic carbocycles. The first kappa shape index (κ1) is 99.3. The summed E-state index contributed by atoms with van der Waals surface area (Å²) in [7, 11) is -9.94. The molecule has 0 aromatic carbocycles. The standard InChI is InChI=1S/C83H156O17P2/c1-5-9-13-17-21-25-29-33-37-38-42-44-48-52-56-60-64-68-81(86)94-74-79(100-83(88)70-66-62-58-54-50-46-41-36-32-28-24-20-16-12-8-4)76-98-102(91,92)96-72-77(84)71-95-101(89,90)97-75-78(99-82(87)69-65-61-57-53-49-45-40-35-31-27-23-19-15-11-7-3)73-93-80(85)67-63-59-55-51-47-43-39-34-30-26-22-18-14-10-6-2/h23,27,34-35,39-40,77-79,84H,5-22,24-26,28-33,36-38,41-76H2,1-4H3,(H,89,90)(H,91,92)/b27-23-,39-34-,40-35-/t77-,78-,79-/m1/s1. The molecule has 2 unspecified atom stereocenters. The van der Waals surface area contributed by atoms with Gasteiger partial charge in [-0.25, -0.2) is 9.13 Å². The Morgan fingerprint density at radius 1 is 0.275 bits per heavy atom. The third-order valence-electron chi connectivity index (χ3n) is 18.6. The van der Waals surface area contributed by atoms with Crippen LogP contribution in [0.5, 0.6) is 0 Å². The molecule has 102 heavy (non-hydrogen) atoms. The number of phosphoric ester groups is 2. The zero-order valence-electron chi connectivity index (χ0n) is 65.8. The second-order valence-corrected chi connectivity index (χ2v) is 31.7. The Labute approximate surface area is 624 Å². The normalized spacial score (nSPS) is 14.0. The van der Waals surface area contributed by atoms with Crippen molar-refractivity contribution in [2.75, 3.05) is 39.6 Å². The van der Waals surface area contributed by atoms with E-state index in [1.807, 2.05) is 0 Å². The molecule has 3 N–H and O–H groups in total. The molecule has 0 bridgehead atoms. The van der Waals surface area contributed by atoms with E-state index in [1.54, 1.807) is 0 Å². The molecular formula is C83H156O17P2. The first-order valence-corrected chi connectivity index (χ1v) is 45.2. The van der Waals surface area contributed by atoms with Gasteiger partial charge in [-0.2, -0.15) is 0 Å². The monoisotopic (exact) mass is 1490 g/mol. The molecule has 17 nitrogen and oxygen atoms in total. The topological polar surface area (TPSA) is 237 Å². The summed E-state index contributed by atoms with van der Waals surface area (Å²) >= 11 is 0. The van der Waals surface area contributed by atoms with E-state index < -0.39 is 97.5 Å². The number of carbonyl (C=O) groups excluding carboxylic acids is 4. The van der Waals surface area contributed by atoms with E-state index in [4.69, 9.17) is 37.0 Å². The van der Waals surface area contributed by atoms with Crippen LogP contribution in [-0.2, 0) is 65.4 Å². The zero-order chi connectivity index (χ0) is 74.6. The van der Waals surface area contributed by atoms with Gasteiger partial charge in [-0.05, 0) is 83.5 Å². The average Bonchev–Trinajstić information content (AvgIpc) is 2.02. The number of carbonyl (C=O) groups is 4. The van der Waals surface area contributed by atoms with Crippen LogP contribution in [0, 0.1) is 0 Å². The van der Waals surface area contributed by atoms with Crippen LogP contribution >= 0.6 is 15.6 Å². The average molecular weight is 1490 g/mol. The van der Waals surface area contributed by atoms with Crippen molar-refractivity contribution >= 4 is 39.5 Å². The minimum Gasteiger partial charge on any atom is -0.462 e. The van der Waals surface area contributed by atoms with Gasteiger partial charge in [0.2, 0.25) is 0 Å². The fourth-order valence-corrected chi connectivity index (χ4v) is 13.7. The lowest BCUT2D eigenvalue weighted by molar-refractivity contribution is -0.161. The quantitative estimate of drug-likeness (QED) is 0.0169. The lowest BCUT2D eigenvalue weighted by Crippen LogP contribution is -2.30. The number of unbranched alkanes of at least 4 members (excludes halogenated alkanes) is 49. The fourth-order valence-electron chi connectivity index (χ4n) is 12.1. The molecule has 0 fully saturated rings. The fraction of sp³-hybridized carbons (Fsp3) is 0.880. The number of esters is 4. The first-order chi connectivity index (χ1) is 49.7. The van der Waals surface area contributed by atoms with E-state index in [-0.39, 0.29) is 25.7 Å². The van der Waals surface area contributed by atoms with E-state index in [2.05, 4.69) is 64.2 Å². The number of hydrogen-bond donors (Lipinski definition) is 3. The van der Waals surface area contributed by atoms with Gasteiger partial charge in [-0.3, -0.25) is 37.3 Å². The molecule has 0 amide bonds. The van der Waals surface area contributed by atoms with Crippen LogP contribution in [0.1, 0.15) is 413 Å². The summed E-state index contributed by atoms with van der Waals surface area (Å²) in [4.78, 5) is 73.1. The number of aliphatic hydroxyl groups is 1. The van der Waals surface area contributed by atoms with Crippen molar-refractivity contribution < 1.29 is 80.2 Å². The van der Waals surface area contributed by atoms with Crippen molar-refractivity contribution in [3.8, 4) is 0 Å². The van der Waals surface area contributed by atoms with Crippen molar-refractivity contribution in [3.05, 3.63) is 36.5 Å². The van der Waals surface area contributed by atoms with Crippen LogP contribution in [0.2, 0.25) is 0 Å². The largest absolute Gasteiger partial charge is 0.472 e. The molecule has 0 aliphatic rings. The predicted octanol–water partition coefficient (Wildman–Crippen LogP) is 24.7. The van der Waals surface area contributed by atoms with Crippen molar-refractivity contribution in [2.45, 2.75) is 431 Å². The summed E-state index contributed by atoms with van der Waals surface area (Å²) < 4.78 is 68.8. The van der Waals surface area contributed by atoms with Gasteiger partial charge in [-0.15, -0.1) is 0 Å². The molecule has 0 radical (unpaired) electrons. The molecule has 0 spiro atoms. The number of allylic oxidation sites excluding steroid dienone is 6. The lowest BCUT2D eigenvalue weighted by atomic mass is 10.0. The SMILES string of the molecule is CCCCC/C=C\C/C=C\CCCCCCCC(=O)O[C@H](COC(=O)CCCCCCC/C=C\CCCCCCCC)COP(=O)(O)OC[C@@H](O)COP(=O)(O)OC[C@@H](COC(=O)CCCCCCCCCCCCCCCCCCC)OC(=O)CCCCCCCCCCCCCCCCC. The minimum atomic E-state index is -4.97. The Kier molecular flexibility index (Phi) is 74.4. The summed E-state index contributed by atoms with van der Waals surface area (Å²) in [5, 5.41) is 10.7. The maximum Gasteiger partial charge on any atom is 0.472 e. The van der Waals surface area contributed by atoms with Crippen molar-refractivity contribution in [1.82, 2.24) is 0 Å². The first-order valence-electron chi connectivity index (χ1n) is 42.2. The number of phosphoric acid groups is 2. The zero-order valence-corrected chi connectivity index (χ0v) is 67.6. The van der Waals surface area contributed by atoms with Crippen LogP contribution in [0.15, 0.2) is 36.5 Å². The van der Waals surface area contributed by atoms with E-state index >= 15 is 0 Å². The Morgan fingerprint density at radius 3 is 0.755 bits per heavy atom. The second-order valence-electron chi connectivity index (χ2n) is 28.8. The van der Waals surface area contributed by atoms with Gasteiger partial charge in [0, 0.05) is 25.7 Å².